The van der Waals surface area contributed by atoms with Gasteiger partial charge in [0.1, 0.15) is 29.9 Å². The molecule has 0 saturated heterocycles. The summed E-state index contributed by atoms with van der Waals surface area (Å²) >= 11 is 5.88. The molecule has 2 rings (SSSR count). The van der Waals surface area contributed by atoms with E-state index in [1.54, 1.807) is 31.2 Å². The molecular weight excluding hydrogens is 306 g/mol. The molecule has 5 nitrogen and oxygen atoms in total. The van der Waals surface area contributed by atoms with Crippen LogP contribution in [-0.4, -0.2) is 18.6 Å². The van der Waals surface area contributed by atoms with Crippen LogP contribution in [0.2, 0.25) is 5.02 Å². The SMILES string of the molecule is CCOC(=O)C(N)Cc1ccc(COc2cccc(Cl)c2)o1. The van der Waals surface area contributed by atoms with E-state index < -0.39 is 12.0 Å². The van der Waals surface area contributed by atoms with Crippen molar-refractivity contribution < 1.29 is 18.7 Å². The van der Waals surface area contributed by atoms with Crippen LogP contribution in [0.25, 0.3) is 0 Å². The van der Waals surface area contributed by atoms with Crippen molar-refractivity contribution in [3.8, 4) is 5.75 Å². The van der Waals surface area contributed by atoms with Crippen molar-refractivity contribution in [1.29, 1.82) is 0 Å². The number of carbonyl (C=O) groups excluding carboxylic acids is 1. The Morgan fingerprint density at radius 3 is 2.82 bits per heavy atom. The molecule has 0 fully saturated rings. The van der Waals surface area contributed by atoms with Crippen molar-refractivity contribution in [3.63, 3.8) is 0 Å². The molecule has 1 heterocycles. The zero-order chi connectivity index (χ0) is 15.9. The van der Waals surface area contributed by atoms with Crippen molar-refractivity contribution in [3.05, 3.63) is 52.9 Å². The maximum absolute atomic E-state index is 11.5. The van der Waals surface area contributed by atoms with Gasteiger partial charge >= 0.3 is 5.97 Å². The summed E-state index contributed by atoms with van der Waals surface area (Å²) in [5.41, 5.74) is 5.75. The van der Waals surface area contributed by atoms with Gasteiger partial charge in [-0.25, -0.2) is 0 Å². The first-order valence-electron chi connectivity index (χ1n) is 6.96. The summed E-state index contributed by atoms with van der Waals surface area (Å²) in [7, 11) is 0. The van der Waals surface area contributed by atoms with E-state index in [0.717, 1.165) is 0 Å². The summed E-state index contributed by atoms with van der Waals surface area (Å²) in [5.74, 6) is 1.49. The molecule has 0 radical (unpaired) electrons. The predicted octanol–water partition coefficient (Wildman–Crippen LogP) is 2.94. The second-order valence-corrected chi connectivity index (χ2v) is 5.11. The summed E-state index contributed by atoms with van der Waals surface area (Å²) in [6.07, 6.45) is 0.288. The topological polar surface area (TPSA) is 74.7 Å². The highest BCUT2D eigenvalue weighted by molar-refractivity contribution is 6.30. The Kier molecular flexibility index (Phi) is 5.86. The van der Waals surface area contributed by atoms with Gasteiger partial charge in [0, 0.05) is 11.4 Å². The van der Waals surface area contributed by atoms with Crippen LogP contribution < -0.4 is 10.5 Å². The van der Waals surface area contributed by atoms with E-state index >= 15 is 0 Å². The maximum atomic E-state index is 11.5. The fraction of sp³-hybridized carbons (Fsp3) is 0.312. The molecule has 118 valence electrons. The van der Waals surface area contributed by atoms with E-state index in [4.69, 9.17) is 31.2 Å². The summed E-state index contributed by atoms with van der Waals surface area (Å²) in [6, 6.07) is 9.95. The predicted molar refractivity (Wildman–Crippen MR) is 82.8 cm³/mol. The molecule has 6 heteroatoms. The lowest BCUT2D eigenvalue weighted by Gasteiger charge is -2.08. The maximum Gasteiger partial charge on any atom is 0.323 e. The van der Waals surface area contributed by atoms with Gasteiger partial charge < -0.3 is 19.6 Å². The Morgan fingerprint density at radius 2 is 2.09 bits per heavy atom. The summed E-state index contributed by atoms with van der Waals surface area (Å²) in [6.45, 7) is 2.32. The van der Waals surface area contributed by atoms with Crippen molar-refractivity contribution >= 4 is 17.6 Å². The molecule has 0 amide bonds. The lowest BCUT2D eigenvalue weighted by Crippen LogP contribution is -2.34. The molecule has 2 aromatic rings. The zero-order valence-corrected chi connectivity index (χ0v) is 13.0. The van der Waals surface area contributed by atoms with Crippen LogP contribution in [0.4, 0.5) is 0 Å². The Labute approximate surface area is 134 Å². The second kappa shape index (κ2) is 7.87. The normalized spacial score (nSPS) is 12.0. The number of ether oxygens (including phenoxy) is 2. The van der Waals surface area contributed by atoms with Gasteiger partial charge in [-0.15, -0.1) is 0 Å². The molecule has 0 aliphatic heterocycles. The molecule has 0 saturated carbocycles. The highest BCUT2D eigenvalue weighted by Gasteiger charge is 2.17. The molecule has 1 aromatic heterocycles. The summed E-state index contributed by atoms with van der Waals surface area (Å²) in [4.78, 5) is 11.5. The van der Waals surface area contributed by atoms with E-state index in [9.17, 15) is 4.79 Å². The molecule has 1 aromatic carbocycles. The minimum atomic E-state index is -0.729. The van der Waals surface area contributed by atoms with Gasteiger partial charge in [0.15, 0.2) is 0 Å². The standard InChI is InChI=1S/C16H18ClNO4/c1-2-20-16(19)15(18)9-13-6-7-14(22-13)10-21-12-5-3-4-11(17)8-12/h3-8,15H,2,9-10,18H2,1H3. The van der Waals surface area contributed by atoms with E-state index in [2.05, 4.69) is 0 Å². The zero-order valence-electron chi connectivity index (χ0n) is 12.3. The lowest BCUT2D eigenvalue weighted by atomic mass is 10.2. The number of hydrogen-bond acceptors (Lipinski definition) is 5. The minimum absolute atomic E-state index is 0.273. The van der Waals surface area contributed by atoms with Gasteiger partial charge in [-0.2, -0.15) is 0 Å². The largest absolute Gasteiger partial charge is 0.486 e. The number of carbonyl (C=O) groups is 1. The molecule has 1 atom stereocenters. The van der Waals surface area contributed by atoms with Gasteiger partial charge in [-0.05, 0) is 37.3 Å². The van der Waals surface area contributed by atoms with Gasteiger partial charge in [-0.3, -0.25) is 4.79 Å². The molecule has 0 bridgehead atoms. The Hall–Kier alpha value is -1.98. The van der Waals surface area contributed by atoms with Crippen LogP contribution in [0, 0.1) is 0 Å². The average molecular weight is 324 g/mol. The first-order chi connectivity index (χ1) is 10.6. The Balaban J connectivity index is 1.87. The summed E-state index contributed by atoms with van der Waals surface area (Å²) in [5, 5.41) is 0.609. The van der Waals surface area contributed by atoms with Crippen LogP contribution >= 0.6 is 11.6 Å². The van der Waals surface area contributed by atoms with Crippen LogP contribution in [-0.2, 0) is 22.6 Å². The lowest BCUT2D eigenvalue weighted by molar-refractivity contribution is -0.144. The van der Waals surface area contributed by atoms with E-state index in [1.807, 2.05) is 12.1 Å². The monoisotopic (exact) mass is 323 g/mol. The highest BCUT2D eigenvalue weighted by Crippen LogP contribution is 2.19. The second-order valence-electron chi connectivity index (χ2n) is 4.68. The van der Waals surface area contributed by atoms with Gasteiger partial charge in [0.05, 0.1) is 6.61 Å². The Morgan fingerprint density at radius 1 is 1.32 bits per heavy atom. The van der Waals surface area contributed by atoms with Crippen LogP contribution in [0.3, 0.4) is 0 Å². The number of esters is 1. The molecule has 1 unspecified atom stereocenters. The summed E-state index contributed by atoms with van der Waals surface area (Å²) < 4.78 is 16.0. The average Bonchev–Trinajstić information content (AvgIpc) is 2.93. The molecule has 0 aliphatic rings. The first-order valence-corrected chi connectivity index (χ1v) is 7.34. The first kappa shape index (κ1) is 16.4. The van der Waals surface area contributed by atoms with Gasteiger partial charge in [-0.1, -0.05) is 17.7 Å². The van der Waals surface area contributed by atoms with Crippen molar-refractivity contribution in [2.75, 3.05) is 6.61 Å². The fourth-order valence-corrected chi connectivity index (χ4v) is 2.05. The van der Waals surface area contributed by atoms with Gasteiger partial charge in [0.2, 0.25) is 0 Å². The minimum Gasteiger partial charge on any atom is -0.486 e. The van der Waals surface area contributed by atoms with Crippen molar-refractivity contribution in [2.45, 2.75) is 26.0 Å². The number of hydrogen-bond donors (Lipinski definition) is 1. The number of furan rings is 1. The molecule has 22 heavy (non-hydrogen) atoms. The Bertz CT molecular complexity index is 626. The van der Waals surface area contributed by atoms with Gasteiger partial charge in [0.25, 0.3) is 0 Å². The van der Waals surface area contributed by atoms with Crippen molar-refractivity contribution in [2.24, 2.45) is 5.73 Å². The number of rotatable bonds is 7. The highest BCUT2D eigenvalue weighted by atomic mass is 35.5. The van der Waals surface area contributed by atoms with E-state index in [0.29, 0.717) is 28.9 Å². The molecule has 0 aliphatic carbocycles. The van der Waals surface area contributed by atoms with E-state index in [1.165, 1.54) is 0 Å². The third kappa shape index (κ3) is 4.79. The number of nitrogens with two attached hydrogens (primary N) is 1. The quantitative estimate of drug-likeness (QED) is 0.793. The number of benzene rings is 1. The van der Waals surface area contributed by atoms with E-state index in [-0.39, 0.29) is 13.0 Å². The van der Waals surface area contributed by atoms with Crippen LogP contribution in [0.15, 0.2) is 40.8 Å². The molecule has 0 spiro atoms. The molecular formula is C16H18ClNO4. The smallest absolute Gasteiger partial charge is 0.323 e. The third-order valence-electron chi connectivity index (χ3n) is 2.90. The fourth-order valence-electron chi connectivity index (χ4n) is 1.87. The number of halogens is 1. The van der Waals surface area contributed by atoms with Crippen molar-refractivity contribution in [1.82, 2.24) is 0 Å². The third-order valence-corrected chi connectivity index (χ3v) is 3.14. The van der Waals surface area contributed by atoms with Crippen LogP contribution in [0.5, 0.6) is 5.75 Å². The van der Waals surface area contributed by atoms with Crippen LogP contribution in [0.1, 0.15) is 18.4 Å². The molecule has 2 N–H and O–H groups in total.